The smallest absolute Gasteiger partial charge is 0.246 e. The number of aromatic nitrogens is 7. The third-order valence-electron chi connectivity index (χ3n) is 6.47. The number of alkyl halides is 1. The van der Waals surface area contributed by atoms with E-state index >= 15 is 0 Å². The summed E-state index contributed by atoms with van der Waals surface area (Å²) in [6.07, 6.45) is 4.58. The van der Waals surface area contributed by atoms with Crippen LogP contribution in [0.25, 0.3) is 5.52 Å². The summed E-state index contributed by atoms with van der Waals surface area (Å²) in [5, 5.41) is 15.9. The van der Waals surface area contributed by atoms with E-state index < -0.39 is 12.2 Å². The van der Waals surface area contributed by atoms with Gasteiger partial charge in [0, 0.05) is 29.8 Å². The van der Waals surface area contributed by atoms with E-state index in [4.69, 9.17) is 0 Å². The SMILES string of the molecule is CC1(c2cc(Nc3nc(N4C[C@H](F)C[C@H]4C(=O)Cc4ncns4)nn4cccc34)n[nH]2)CC1. The number of nitrogens with zero attached hydrogens (tertiary/aromatic N) is 7. The maximum atomic E-state index is 14.5. The highest BCUT2D eigenvalue weighted by Crippen LogP contribution is 2.47. The number of hydrogen-bond acceptors (Lipinski definition) is 9. The van der Waals surface area contributed by atoms with Gasteiger partial charge in [-0.2, -0.15) is 14.5 Å². The van der Waals surface area contributed by atoms with Gasteiger partial charge in [0.05, 0.1) is 19.0 Å². The van der Waals surface area contributed by atoms with Crippen molar-refractivity contribution in [3.05, 3.63) is 41.4 Å². The average molecular weight is 468 g/mol. The van der Waals surface area contributed by atoms with Crippen molar-refractivity contribution < 1.29 is 9.18 Å². The third kappa shape index (κ3) is 3.73. The molecule has 0 aromatic carbocycles. The van der Waals surface area contributed by atoms with Crippen LogP contribution in [0.3, 0.4) is 0 Å². The van der Waals surface area contributed by atoms with E-state index in [0.717, 1.165) is 24.1 Å². The summed E-state index contributed by atoms with van der Waals surface area (Å²) < 4.78 is 20.1. The van der Waals surface area contributed by atoms with Crippen molar-refractivity contribution in [3.8, 4) is 0 Å². The van der Waals surface area contributed by atoms with Gasteiger partial charge in [0.15, 0.2) is 17.4 Å². The molecule has 0 bridgehead atoms. The second kappa shape index (κ2) is 7.58. The Hall–Kier alpha value is -3.41. The fourth-order valence-electron chi connectivity index (χ4n) is 4.26. The van der Waals surface area contributed by atoms with Crippen LogP contribution in [0.2, 0.25) is 0 Å². The number of H-pyrrole nitrogens is 1. The molecule has 2 N–H and O–H groups in total. The van der Waals surface area contributed by atoms with E-state index in [1.165, 1.54) is 17.9 Å². The minimum Gasteiger partial charge on any atom is -0.326 e. The van der Waals surface area contributed by atoms with Gasteiger partial charge in [-0.3, -0.25) is 9.89 Å². The lowest BCUT2D eigenvalue weighted by atomic mass is 10.1. The van der Waals surface area contributed by atoms with Gasteiger partial charge in [-0.1, -0.05) is 6.92 Å². The molecule has 0 radical (unpaired) electrons. The Kier molecular flexibility index (Phi) is 4.64. The van der Waals surface area contributed by atoms with E-state index in [-0.39, 0.29) is 30.6 Å². The molecule has 1 saturated carbocycles. The number of rotatable bonds is 7. The molecule has 4 aromatic rings. The van der Waals surface area contributed by atoms with Gasteiger partial charge in [-0.25, -0.2) is 13.9 Å². The number of hydrogen-bond donors (Lipinski definition) is 2. The van der Waals surface area contributed by atoms with E-state index in [2.05, 4.69) is 41.9 Å². The van der Waals surface area contributed by atoms with Crippen molar-refractivity contribution >= 4 is 40.4 Å². The van der Waals surface area contributed by atoms with Crippen LogP contribution in [0.15, 0.2) is 30.7 Å². The molecule has 0 unspecified atom stereocenters. The first-order valence-electron chi connectivity index (χ1n) is 10.9. The zero-order valence-electron chi connectivity index (χ0n) is 17.9. The summed E-state index contributed by atoms with van der Waals surface area (Å²) in [5.41, 5.74) is 2.02. The Morgan fingerprint density at radius 1 is 1.42 bits per heavy atom. The first-order chi connectivity index (χ1) is 16.0. The predicted octanol–water partition coefficient (Wildman–Crippen LogP) is 2.83. The highest BCUT2D eigenvalue weighted by molar-refractivity contribution is 7.05. The van der Waals surface area contributed by atoms with E-state index in [9.17, 15) is 9.18 Å². The van der Waals surface area contributed by atoms with Crippen LogP contribution in [0.5, 0.6) is 0 Å². The molecule has 10 nitrogen and oxygen atoms in total. The number of aromatic amines is 1. The summed E-state index contributed by atoms with van der Waals surface area (Å²) in [5.74, 6) is 1.37. The van der Waals surface area contributed by atoms with Crippen LogP contribution >= 0.6 is 11.5 Å². The second-order valence-corrected chi connectivity index (χ2v) is 9.79. The van der Waals surface area contributed by atoms with E-state index in [0.29, 0.717) is 22.6 Å². The Morgan fingerprint density at radius 3 is 3.09 bits per heavy atom. The number of nitrogens with one attached hydrogen (secondary N) is 2. The molecular weight excluding hydrogens is 445 g/mol. The highest BCUT2D eigenvalue weighted by atomic mass is 32.1. The number of carbonyl (C=O) groups is 1. The van der Waals surface area contributed by atoms with Crippen LogP contribution < -0.4 is 10.2 Å². The number of anilines is 3. The topological polar surface area (TPSA) is 117 Å². The lowest BCUT2D eigenvalue weighted by Crippen LogP contribution is -2.38. The van der Waals surface area contributed by atoms with Crippen LogP contribution in [0, 0.1) is 0 Å². The van der Waals surface area contributed by atoms with Crippen LogP contribution in [0.4, 0.5) is 22.0 Å². The lowest BCUT2D eigenvalue weighted by molar-refractivity contribution is -0.119. The minimum absolute atomic E-state index is 0.0592. The molecule has 5 heterocycles. The molecular formula is C21H22FN9OS. The number of Topliss-reactive ketones (excluding diaryl/α,β-unsaturated/α-hetero) is 1. The first-order valence-corrected chi connectivity index (χ1v) is 11.6. The second-order valence-electron chi connectivity index (χ2n) is 8.93. The van der Waals surface area contributed by atoms with Gasteiger partial charge in [-0.05, 0) is 36.5 Å². The van der Waals surface area contributed by atoms with Crippen molar-refractivity contribution in [1.82, 2.24) is 34.2 Å². The fraction of sp³-hybridized carbons (Fsp3) is 0.429. The molecule has 2 atom stereocenters. The molecule has 1 saturated heterocycles. The Balaban J connectivity index is 1.31. The quantitative estimate of drug-likeness (QED) is 0.426. The Bertz CT molecular complexity index is 1310. The summed E-state index contributed by atoms with van der Waals surface area (Å²) in [6.45, 7) is 2.27. The first kappa shape index (κ1) is 20.2. The molecule has 1 aliphatic heterocycles. The van der Waals surface area contributed by atoms with Crippen molar-refractivity contribution in [2.75, 3.05) is 16.8 Å². The minimum atomic E-state index is -1.14. The monoisotopic (exact) mass is 467 g/mol. The van der Waals surface area contributed by atoms with Gasteiger partial charge in [0.1, 0.15) is 23.0 Å². The van der Waals surface area contributed by atoms with Crippen LogP contribution in [-0.4, -0.2) is 58.7 Å². The van der Waals surface area contributed by atoms with Crippen molar-refractivity contribution in [1.29, 1.82) is 0 Å². The molecule has 170 valence electrons. The molecule has 33 heavy (non-hydrogen) atoms. The number of ketones is 1. The van der Waals surface area contributed by atoms with Gasteiger partial charge >= 0.3 is 0 Å². The number of carbonyl (C=O) groups excluding carboxylic acids is 1. The molecule has 2 aliphatic rings. The van der Waals surface area contributed by atoms with E-state index in [1.807, 2.05) is 18.2 Å². The molecule has 2 fully saturated rings. The molecule has 12 heteroatoms. The van der Waals surface area contributed by atoms with Gasteiger partial charge in [0.25, 0.3) is 0 Å². The van der Waals surface area contributed by atoms with Crippen molar-refractivity contribution in [3.63, 3.8) is 0 Å². The zero-order chi connectivity index (χ0) is 22.6. The summed E-state index contributed by atoms with van der Waals surface area (Å²) in [4.78, 5) is 23.4. The van der Waals surface area contributed by atoms with Crippen LogP contribution in [-0.2, 0) is 16.6 Å². The largest absolute Gasteiger partial charge is 0.326 e. The van der Waals surface area contributed by atoms with Gasteiger partial charge in [0.2, 0.25) is 5.95 Å². The summed E-state index contributed by atoms with van der Waals surface area (Å²) in [7, 11) is 0. The van der Waals surface area contributed by atoms with Crippen molar-refractivity contribution in [2.24, 2.45) is 0 Å². The van der Waals surface area contributed by atoms with Crippen LogP contribution in [0.1, 0.15) is 36.9 Å². The predicted molar refractivity (Wildman–Crippen MR) is 121 cm³/mol. The third-order valence-corrected chi connectivity index (χ3v) is 7.13. The zero-order valence-corrected chi connectivity index (χ0v) is 18.7. The Morgan fingerprint density at radius 2 is 2.30 bits per heavy atom. The fourth-order valence-corrected chi connectivity index (χ4v) is 4.78. The maximum Gasteiger partial charge on any atom is 0.246 e. The molecule has 0 amide bonds. The standard InChI is InChI=1S/C21H22FN9OS/c1-21(4-5-21)16-9-17(28-27-16)25-19-13-3-2-6-31(13)29-20(26-19)30-10-12(22)7-14(30)15(32)8-18-23-11-24-33-18/h2-3,6,9,11-12,14H,4-5,7-8,10H2,1H3,(H2,25,26,27,28,29)/t12-,14+/m1/s1. The average Bonchev–Trinajstić information content (AvgIpc) is 3.34. The Labute approximate surface area is 192 Å². The summed E-state index contributed by atoms with van der Waals surface area (Å²) in [6, 6.07) is 5.09. The molecule has 0 spiro atoms. The molecule has 6 rings (SSSR count). The lowest BCUT2D eigenvalue weighted by Gasteiger charge is -2.23. The normalized spacial score (nSPS) is 21.6. The maximum absolute atomic E-state index is 14.5. The number of fused-ring (bicyclic) bond motifs is 1. The summed E-state index contributed by atoms with van der Waals surface area (Å²) >= 11 is 1.17. The number of halogens is 1. The van der Waals surface area contributed by atoms with Crippen molar-refractivity contribution in [2.45, 2.75) is 50.2 Å². The van der Waals surface area contributed by atoms with E-state index in [1.54, 1.807) is 15.6 Å². The van der Waals surface area contributed by atoms with Gasteiger partial charge in [-0.15, -0.1) is 5.10 Å². The molecule has 1 aliphatic carbocycles. The van der Waals surface area contributed by atoms with Gasteiger partial charge < -0.3 is 10.2 Å². The highest BCUT2D eigenvalue weighted by Gasteiger charge is 2.41. The molecule has 4 aromatic heterocycles.